The molecule has 102 valence electrons. The van der Waals surface area contributed by atoms with Gasteiger partial charge in [0.25, 0.3) is 0 Å². The van der Waals surface area contributed by atoms with Gasteiger partial charge in [0.05, 0.1) is 18.5 Å². The Morgan fingerprint density at radius 1 is 1.32 bits per heavy atom. The third kappa shape index (κ3) is 2.54. The van der Waals surface area contributed by atoms with Crippen molar-refractivity contribution >= 4 is 17.4 Å². The second-order valence-corrected chi connectivity index (χ2v) is 5.78. The van der Waals surface area contributed by atoms with Gasteiger partial charge in [-0.25, -0.2) is 4.98 Å². The first kappa shape index (κ1) is 13.7. The molecular weight excluding hydrogens is 262 g/mol. The van der Waals surface area contributed by atoms with E-state index >= 15 is 0 Å². The van der Waals surface area contributed by atoms with Crippen LogP contribution in [0.3, 0.4) is 0 Å². The van der Waals surface area contributed by atoms with Crippen LogP contribution < -0.4 is 10.5 Å². The zero-order valence-electron chi connectivity index (χ0n) is 11.6. The first-order valence-corrected chi connectivity index (χ1v) is 6.39. The predicted molar refractivity (Wildman–Crippen MR) is 78.6 cm³/mol. The molecule has 0 atom stereocenters. The Hall–Kier alpha value is -1.68. The Kier molecular flexibility index (Phi) is 3.45. The van der Waals surface area contributed by atoms with E-state index in [1.165, 1.54) is 0 Å². The number of ether oxygens (including phenoxy) is 1. The number of nitrogen functional groups attached to an aromatic ring is 1. The molecule has 2 N–H and O–H groups in total. The number of rotatable bonds is 2. The minimum atomic E-state index is -0.106. The van der Waals surface area contributed by atoms with Gasteiger partial charge in [-0.2, -0.15) is 0 Å². The van der Waals surface area contributed by atoms with E-state index in [1.54, 1.807) is 13.4 Å². The molecule has 0 spiro atoms. The van der Waals surface area contributed by atoms with E-state index in [2.05, 4.69) is 25.8 Å². The van der Waals surface area contributed by atoms with E-state index in [-0.39, 0.29) is 5.54 Å². The number of aromatic nitrogens is 2. The summed E-state index contributed by atoms with van der Waals surface area (Å²) < 4.78 is 7.08. The van der Waals surface area contributed by atoms with Crippen LogP contribution in [0.15, 0.2) is 24.5 Å². The topological polar surface area (TPSA) is 53.1 Å². The molecule has 0 unspecified atom stereocenters. The minimum absolute atomic E-state index is 0.106. The normalized spacial score (nSPS) is 11.6. The summed E-state index contributed by atoms with van der Waals surface area (Å²) in [6.07, 6.45) is 1.75. The molecule has 0 saturated heterocycles. The number of hydrogen-bond donors (Lipinski definition) is 1. The molecule has 0 radical (unpaired) electrons. The highest BCUT2D eigenvalue weighted by Gasteiger charge is 2.19. The van der Waals surface area contributed by atoms with Crippen LogP contribution in [0, 0.1) is 0 Å². The molecular formula is C14H18ClN3O. The molecule has 2 aromatic rings. The van der Waals surface area contributed by atoms with Crippen LogP contribution in [0.1, 0.15) is 20.8 Å². The quantitative estimate of drug-likeness (QED) is 0.915. The van der Waals surface area contributed by atoms with E-state index < -0.39 is 0 Å². The van der Waals surface area contributed by atoms with Gasteiger partial charge < -0.3 is 15.0 Å². The van der Waals surface area contributed by atoms with Gasteiger partial charge in [-0.15, -0.1) is 0 Å². The lowest BCUT2D eigenvalue weighted by atomic mass is 10.1. The fourth-order valence-corrected chi connectivity index (χ4v) is 2.19. The van der Waals surface area contributed by atoms with Crippen LogP contribution >= 0.6 is 11.6 Å². The van der Waals surface area contributed by atoms with E-state index in [0.29, 0.717) is 16.6 Å². The van der Waals surface area contributed by atoms with Crippen molar-refractivity contribution in [2.75, 3.05) is 12.8 Å². The van der Waals surface area contributed by atoms with Crippen molar-refractivity contribution in [3.05, 3.63) is 29.5 Å². The molecule has 0 bridgehead atoms. The maximum absolute atomic E-state index is 6.17. The zero-order valence-corrected chi connectivity index (χ0v) is 12.3. The highest BCUT2D eigenvalue weighted by Crippen LogP contribution is 2.33. The van der Waals surface area contributed by atoms with Gasteiger partial charge in [-0.05, 0) is 39.0 Å². The average Bonchev–Trinajstić information content (AvgIpc) is 2.70. The summed E-state index contributed by atoms with van der Waals surface area (Å²) in [6, 6.07) is 5.52. The average molecular weight is 280 g/mol. The number of methoxy groups -OCH3 is 1. The third-order valence-corrected chi connectivity index (χ3v) is 3.25. The summed E-state index contributed by atoms with van der Waals surface area (Å²) >= 11 is 6.13. The van der Waals surface area contributed by atoms with Gasteiger partial charge in [0, 0.05) is 11.1 Å². The monoisotopic (exact) mass is 279 g/mol. The first-order chi connectivity index (χ1) is 8.84. The number of anilines is 1. The van der Waals surface area contributed by atoms with E-state index in [1.807, 2.05) is 22.8 Å². The van der Waals surface area contributed by atoms with Crippen molar-refractivity contribution < 1.29 is 4.74 Å². The van der Waals surface area contributed by atoms with Crippen LogP contribution in [0.5, 0.6) is 5.75 Å². The second-order valence-electron chi connectivity index (χ2n) is 5.37. The van der Waals surface area contributed by atoms with E-state index in [4.69, 9.17) is 22.1 Å². The summed E-state index contributed by atoms with van der Waals surface area (Å²) in [5, 5.41) is 0.546. The Morgan fingerprint density at radius 3 is 2.47 bits per heavy atom. The van der Waals surface area contributed by atoms with Crippen molar-refractivity contribution in [2.45, 2.75) is 26.3 Å². The maximum Gasteiger partial charge on any atom is 0.137 e. The summed E-state index contributed by atoms with van der Waals surface area (Å²) in [7, 11) is 1.59. The van der Waals surface area contributed by atoms with Crippen LogP contribution in [-0.2, 0) is 5.54 Å². The molecule has 1 heterocycles. The highest BCUT2D eigenvalue weighted by atomic mass is 35.5. The summed E-state index contributed by atoms with van der Waals surface area (Å²) in [4.78, 5) is 4.39. The summed E-state index contributed by atoms with van der Waals surface area (Å²) in [5.41, 5.74) is 7.68. The predicted octanol–water partition coefficient (Wildman–Crippen LogP) is 3.55. The molecule has 0 fully saturated rings. The Bertz CT molecular complexity index is 599. The van der Waals surface area contributed by atoms with Crippen molar-refractivity contribution in [1.82, 2.24) is 9.55 Å². The van der Waals surface area contributed by atoms with Crippen LogP contribution in [0.2, 0.25) is 5.02 Å². The van der Waals surface area contributed by atoms with Crippen LogP contribution in [-0.4, -0.2) is 16.7 Å². The lowest BCUT2D eigenvalue weighted by Crippen LogP contribution is -2.22. The van der Waals surface area contributed by atoms with Crippen LogP contribution in [0.4, 0.5) is 5.82 Å². The largest absolute Gasteiger partial charge is 0.495 e. The van der Waals surface area contributed by atoms with Gasteiger partial charge in [-0.1, -0.05) is 11.6 Å². The molecule has 0 aliphatic carbocycles. The Labute approximate surface area is 118 Å². The number of nitrogens with two attached hydrogens (primary N) is 1. The molecule has 0 amide bonds. The third-order valence-electron chi connectivity index (χ3n) is 2.95. The first-order valence-electron chi connectivity index (χ1n) is 6.02. The molecule has 0 aliphatic rings. The van der Waals surface area contributed by atoms with Gasteiger partial charge in [0.1, 0.15) is 17.3 Å². The van der Waals surface area contributed by atoms with Gasteiger partial charge in [0.15, 0.2) is 0 Å². The van der Waals surface area contributed by atoms with Crippen molar-refractivity contribution in [3.63, 3.8) is 0 Å². The van der Waals surface area contributed by atoms with Gasteiger partial charge >= 0.3 is 0 Å². The fraction of sp³-hybridized carbons (Fsp3) is 0.357. The van der Waals surface area contributed by atoms with Crippen molar-refractivity contribution in [1.29, 1.82) is 0 Å². The van der Waals surface area contributed by atoms with Gasteiger partial charge in [0.2, 0.25) is 0 Å². The number of halogens is 1. The molecule has 2 rings (SSSR count). The minimum Gasteiger partial charge on any atom is -0.495 e. The second kappa shape index (κ2) is 4.78. The Morgan fingerprint density at radius 2 is 2.00 bits per heavy atom. The maximum atomic E-state index is 6.17. The smallest absolute Gasteiger partial charge is 0.137 e. The molecule has 19 heavy (non-hydrogen) atoms. The zero-order chi connectivity index (χ0) is 14.2. The van der Waals surface area contributed by atoms with E-state index in [9.17, 15) is 0 Å². The SMILES string of the molecule is COc1ccc(-c2ncn(C(C)(C)C)c2N)cc1Cl. The Balaban J connectivity index is 2.49. The number of imidazole rings is 1. The standard InChI is InChI=1S/C14H18ClN3O/c1-14(2,3)18-8-17-12(13(18)16)9-5-6-11(19-4)10(15)7-9/h5-8H,16H2,1-4H3. The number of nitrogens with zero attached hydrogens (tertiary/aromatic N) is 2. The molecule has 4 nitrogen and oxygen atoms in total. The molecule has 1 aromatic heterocycles. The van der Waals surface area contributed by atoms with E-state index in [0.717, 1.165) is 11.3 Å². The molecule has 0 saturated carbocycles. The summed E-state index contributed by atoms with van der Waals surface area (Å²) in [6.45, 7) is 6.24. The molecule has 1 aromatic carbocycles. The number of hydrogen-bond acceptors (Lipinski definition) is 3. The highest BCUT2D eigenvalue weighted by molar-refractivity contribution is 6.32. The van der Waals surface area contributed by atoms with Crippen LogP contribution in [0.25, 0.3) is 11.3 Å². The molecule has 0 aliphatic heterocycles. The lowest BCUT2D eigenvalue weighted by molar-refractivity contribution is 0.402. The summed E-state index contributed by atoms with van der Waals surface area (Å²) in [5.74, 6) is 1.27. The molecule has 5 heteroatoms. The lowest BCUT2D eigenvalue weighted by Gasteiger charge is -2.22. The van der Waals surface area contributed by atoms with Crippen molar-refractivity contribution in [2.24, 2.45) is 0 Å². The fourth-order valence-electron chi connectivity index (χ4n) is 1.93. The van der Waals surface area contributed by atoms with Crippen molar-refractivity contribution in [3.8, 4) is 17.0 Å². The van der Waals surface area contributed by atoms with Gasteiger partial charge in [-0.3, -0.25) is 0 Å². The number of benzene rings is 1.